The Morgan fingerprint density at radius 1 is 1.22 bits per heavy atom. The molecular formula is C19H23ClN2O. The first-order valence-corrected chi connectivity index (χ1v) is 8.24. The van der Waals surface area contributed by atoms with Gasteiger partial charge >= 0.3 is 0 Å². The van der Waals surface area contributed by atoms with Crippen molar-refractivity contribution in [3.05, 3.63) is 64.4 Å². The van der Waals surface area contributed by atoms with Gasteiger partial charge in [0.25, 0.3) is 5.24 Å². The summed E-state index contributed by atoms with van der Waals surface area (Å²) in [6.45, 7) is 8.09. The average Bonchev–Trinajstić information content (AvgIpc) is 3.01. The van der Waals surface area contributed by atoms with E-state index >= 15 is 0 Å². The number of hydrogen-bond donors (Lipinski definition) is 0. The molecule has 1 aromatic carbocycles. The van der Waals surface area contributed by atoms with E-state index in [1.165, 1.54) is 5.56 Å². The summed E-state index contributed by atoms with van der Waals surface area (Å²) in [6.07, 6.45) is 6.56. The van der Waals surface area contributed by atoms with E-state index in [1.807, 2.05) is 57.3 Å². The molecule has 0 fully saturated rings. The van der Waals surface area contributed by atoms with E-state index in [1.54, 1.807) is 12.3 Å². The van der Waals surface area contributed by atoms with Crippen LogP contribution in [0, 0.1) is 6.92 Å². The molecule has 3 nitrogen and oxygen atoms in total. The molecule has 1 aromatic heterocycles. The first kappa shape index (κ1) is 19.0. The summed E-state index contributed by atoms with van der Waals surface area (Å²) >= 11 is 5.48. The van der Waals surface area contributed by atoms with Gasteiger partial charge in [-0.05, 0) is 54.8 Å². The summed E-state index contributed by atoms with van der Waals surface area (Å²) in [4.78, 5) is 19.4. The van der Waals surface area contributed by atoms with Crippen molar-refractivity contribution in [3.63, 3.8) is 0 Å². The third-order valence-electron chi connectivity index (χ3n) is 3.19. The number of hydrogen-bond acceptors (Lipinski definition) is 3. The minimum Gasteiger partial charge on any atom is -0.277 e. The molecule has 0 bridgehead atoms. The number of fused-ring (bicyclic) bond motifs is 1. The molecule has 0 radical (unpaired) electrons. The van der Waals surface area contributed by atoms with Gasteiger partial charge in [-0.3, -0.25) is 14.8 Å². The van der Waals surface area contributed by atoms with Crippen molar-refractivity contribution >= 4 is 22.9 Å². The summed E-state index contributed by atoms with van der Waals surface area (Å²) in [6, 6.07) is 9.59. The number of carbonyl (C=O) groups excluding carboxylic acids is 1. The number of halogens is 1. The van der Waals surface area contributed by atoms with Crippen LogP contribution in [0.3, 0.4) is 0 Å². The lowest BCUT2D eigenvalue weighted by Gasteiger charge is -1.94. The largest absolute Gasteiger partial charge is 0.277 e. The molecule has 1 aliphatic rings. The number of nitrogens with zero attached hydrogens (tertiary/aromatic N) is 2. The smallest absolute Gasteiger partial charge is 0.253 e. The van der Waals surface area contributed by atoms with Crippen LogP contribution < -0.4 is 10.6 Å². The van der Waals surface area contributed by atoms with Crippen molar-refractivity contribution in [2.45, 2.75) is 40.2 Å². The first-order valence-electron chi connectivity index (χ1n) is 7.87. The number of aromatic nitrogens is 1. The molecule has 0 saturated carbocycles. The van der Waals surface area contributed by atoms with Gasteiger partial charge < -0.3 is 0 Å². The van der Waals surface area contributed by atoms with Crippen LogP contribution in [0.2, 0.25) is 0 Å². The van der Waals surface area contributed by atoms with E-state index in [-0.39, 0.29) is 6.04 Å². The summed E-state index contributed by atoms with van der Waals surface area (Å²) in [7, 11) is 0. The number of rotatable bonds is 2. The Bertz CT molecular complexity index is 742. The second-order valence-corrected chi connectivity index (χ2v) is 5.16. The molecule has 0 amide bonds. The lowest BCUT2D eigenvalue weighted by Crippen LogP contribution is -2.26. The van der Waals surface area contributed by atoms with E-state index in [9.17, 15) is 4.79 Å². The number of pyridine rings is 1. The van der Waals surface area contributed by atoms with Crippen LogP contribution in [0.4, 0.5) is 0 Å². The van der Waals surface area contributed by atoms with Crippen LogP contribution in [-0.2, 0) is 0 Å². The van der Waals surface area contributed by atoms with Crippen molar-refractivity contribution in [2.24, 2.45) is 4.99 Å². The highest BCUT2D eigenvalue weighted by molar-refractivity contribution is 6.67. The van der Waals surface area contributed by atoms with Gasteiger partial charge in [0.15, 0.2) is 0 Å². The van der Waals surface area contributed by atoms with Crippen molar-refractivity contribution in [1.29, 1.82) is 0 Å². The Morgan fingerprint density at radius 2 is 1.96 bits per heavy atom. The predicted molar refractivity (Wildman–Crippen MR) is 96.3 cm³/mol. The van der Waals surface area contributed by atoms with E-state index in [0.29, 0.717) is 5.56 Å². The second-order valence-electron chi connectivity index (χ2n) is 4.81. The Kier molecular flexibility index (Phi) is 8.20. The predicted octanol–water partition coefficient (Wildman–Crippen LogP) is 3.67. The molecule has 2 heterocycles. The van der Waals surface area contributed by atoms with Gasteiger partial charge in [-0.1, -0.05) is 32.9 Å². The third-order valence-corrected chi connectivity index (χ3v) is 3.39. The number of aryl methyl sites for hydroxylation is 1. The topological polar surface area (TPSA) is 42.3 Å². The molecule has 0 aliphatic carbocycles. The molecular weight excluding hydrogens is 308 g/mol. The van der Waals surface area contributed by atoms with Gasteiger partial charge in [0.1, 0.15) is 0 Å². The summed E-state index contributed by atoms with van der Waals surface area (Å²) in [5.41, 5.74) is 1.77. The lowest BCUT2D eigenvalue weighted by atomic mass is 10.1. The maximum Gasteiger partial charge on any atom is 0.253 e. The molecule has 1 atom stereocenters. The second kappa shape index (κ2) is 9.90. The zero-order chi connectivity index (χ0) is 17.2. The summed E-state index contributed by atoms with van der Waals surface area (Å²) in [5, 5.41) is 1.35. The highest BCUT2D eigenvalue weighted by Crippen LogP contribution is 2.03. The SMILES string of the molecule is CC.CCC1C=c2c(C(=O)Cl)cccc2=N1.Cc1cccnc1. The first-order chi connectivity index (χ1) is 11.1. The van der Waals surface area contributed by atoms with Gasteiger partial charge in [-0.25, -0.2) is 0 Å². The molecule has 1 unspecified atom stereocenters. The lowest BCUT2D eigenvalue weighted by molar-refractivity contribution is 0.108. The normalized spacial score (nSPS) is 14.0. The van der Waals surface area contributed by atoms with Crippen LogP contribution in [0.25, 0.3) is 6.08 Å². The Morgan fingerprint density at radius 3 is 2.43 bits per heavy atom. The monoisotopic (exact) mass is 330 g/mol. The van der Waals surface area contributed by atoms with Crippen molar-refractivity contribution < 1.29 is 4.79 Å². The zero-order valence-electron chi connectivity index (χ0n) is 14.1. The third kappa shape index (κ3) is 5.61. The standard InChI is InChI=1S/C11H10ClNO.C6H7N.C2H6/c1-2-7-6-9-8(11(12)14)4-3-5-10(9)13-7;1-6-3-2-4-7-5-6;1-2/h3-7H,2H2,1H3;2-5H,1H3;1-2H3. The van der Waals surface area contributed by atoms with Crippen LogP contribution in [0.5, 0.6) is 0 Å². The molecule has 23 heavy (non-hydrogen) atoms. The zero-order valence-corrected chi connectivity index (χ0v) is 14.8. The van der Waals surface area contributed by atoms with Crippen LogP contribution in [-0.4, -0.2) is 16.3 Å². The van der Waals surface area contributed by atoms with Crippen LogP contribution >= 0.6 is 11.6 Å². The van der Waals surface area contributed by atoms with Crippen LogP contribution in [0.15, 0.2) is 47.7 Å². The van der Waals surface area contributed by atoms with Gasteiger partial charge in [-0.15, -0.1) is 0 Å². The maximum absolute atomic E-state index is 11.1. The van der Waals surface area contributed by atoms with Crippen LogP contribution in [0.1, 0.15) is 43.1 Å². The molecule has 1 aliphatic heterocycles. The minimum atomic E-state index is -0.412. The van der Waals surface area contributed by atoms with Crippen molar-refractivity contribution in [2.75, 3.05) is 0 Å². The number of carbonyl (C=O) groups is 1. The Hall–Kier alpha value is -2.00. The van der Waals surface area contributed by atoms with E-state index < -0.39 is 5.24 Å². The summed E-state index contributed by atoms with van der Waals surface area (Å²) in [5.74, 6) is 0. The molecule has 0 N–H and O–H groups in total. The van der Waals surface area contributed by atoms with Gasteiger partial charge in [0, 0.05) is 23.2 Å². The van der Waals surface area contributed by atoms with E-state index in [4.69, 9.17) is 11.6 Å². The van der Waals surface area contributed by atoms with Gasteiger partial charge in [-0.2, -0.15) is 0 Å². The fraction of sp³-hybridized carbons (Fsp3) is 0.316. The summed E-state index contributed by atoms with van der Waals surface area (Å²) < 4.78 is 0. The average molecular weight is 331 g/mol. The highest BCUT2D eigenvalue weighted by Gasteiger charge is 2.11. The maximum atomic E-state index is 11.1. The fourth-order valence-electron chi connectivity index (χ4n) is 2.08. The highest BCUT2D eigenvalue weighted by atomic mass is 35.5. The molecule has 122 valence electrons. The molecule has 4 heteroatoms. The fourth-order valence-corrected chi connectivity index (χ4v) is 2.24. The Labute approximate surface area is 142 Å². The minimum absolute atomic E-state index is 0.196. The molecule has 2 aromatic rings. The molecule has 0 spiro atoms. The Balaban J connectivity index is 0.000000247. The quantitative estimate of drug-likeness (QED) is 0.788. The van der Waals surface area contributed by atoms with E-state index in [2.05, 4.69) is 16.9 Å². The van der Waals surface area contributed by atoms with E-state index in [0.717, 1.165) is 17.0 Å². The number of benzene rings is 1. The molecule has 3 rings (SSSR count). The van der Waals surface area contributed by atoms with Gasteiger partial charge in [0.2, 0.25) is 0 Å². The van der Waals surface area contributed by atoms with Crippen molar-refractivity contribution in [1.82, 2.24) is 4.98 Å². The molecule has 0 saturated heterocycles. The van der Waals surface area contributed by atoms with Crippen molar-refractivity contribution in [3.8, 4) is 0 Å². The van der Waals surface area contributed by atoms with Gasteiger partial charge in [0.05, 0.1) is 11.4 Å².